The van der Waals surface area contributed by atoms with Gasteiger partial charge in [0.1, 0.15) is 12.2 Å². The molecule has 10 nitrogen and oxygen atoms in total. The van der Waals surface area contributed by atoms with Crippen LogP contribution in [0.15, 0.2) is 47.3 Å². The molecule has 2 heterocycles. The highest BCUT2D eigenvalue weighted by Gasteiger charge is 2.52. The number of esters is 2. The van der Waals surface area contributed by atoms with E-state index in [0.29, 0.717) is 12.0 Å². The highest BCUT2D eigenvalue weighted by Crippen LogP contribution is 2.42. The van der Waals surface area contributed by atoms with E-state index >= 15 is 0 Å². The van der Waals surface area contributed by atoms with Crippen LogP contribution in [0.5, 0.6) is 0 Å². The number of carbonyl (C=O) groups excluding carboxylic acids is 2. The molecule has 0 saturated carbocycles. The molecule has 274 valence electrons. The molecular formula is C38H62O10. The number of rotatable bonds is 9. The molecule has 0 radical (unpaired) electrons. The van der Waals surface area contributed by atoms with Crippen LogP contribution in [0, 0.1) is 41.4 Å². The molecule has 2 N–H and O–H groups in total. The van der Waals surface area contributed by atoms with Gasteiger partial charge in [0.25, 0.3) is 0 Å². The Kier molecular flexibility index (Phi) is 16.0. The molecule has 0 amide bonds. The third-order valence-electron chi connectivity index (χ3n) is 10.3. The lowest BCUT2D eigenvalue weighted by atomic mass is 9.76. The summed E-state index contributed by atoms with van der Waals surface area (Å²) in [5.41, 5.74) is 1.74. The van der Waals surface area contributed by atoms with Gasteiger partial charge in [-0.2, -0.15) is 0 Å². The number of ether oxygens (including phenoxy) is 6. The topological polar surface area (TPSA) is 130 Å². The SMILES string of the molecule is COC(=O)[C@@H]1[C@H](C)/C=C(C)/C=C(\OC)C(=O)O[C@H]([C@@H](C)[C@@H](O)[C@H](C)[C@@]2(O)C[C@@H](OC)[C@H](C)[C@@H](C(C)C)O2)[C@@H](OC)/C=C/C=C(\C)C[C@@H]1C. The van der Waals surface area contributed by atoms with Gasteiger partial charge in [0.2, 0.25) is 5.76 Å². The van der Waals surface area contributed by atoms with Crippen LogP contribution in [0.2, 0.25) is 0 Å². The zero-order valence-electron chi connectivity index (χ0n) is 31.4. The van der Waals surface area contributed by atoms with Crippen LogP contribution in [0.4, 0.5) is 0 Å². The lowest BCUT2D eigenvalue weighted by Gasteiger charge is -2.50. The van der Waals surface area contributed by atoms with Crippen molar-refractivity contribution in [1.82, 2.24) is 0 Å². The van der Waals surface area contributed by atoms with Gasteiger partial charge in [-0.3, -0.25) is 4.79 Å². The van der Waals surface area contributed by atoms with Crippen molar-refractivity contribution in [3.63, 3.8) is 0 Å². The molecule has 12 atom stereocenters. The molecule has 0 aromatic heterocycles. The third kappa shape index (κ3) is 10.3. The number of hydrogen-bond acceptors (Lipinski definition) is 10. The van der Waals surface area contributed by atoms with E-state index in [-0.39, 0.29) is 54.0 Å². The van der Waals surface area contributed by atoms with Gasteiger partial charge in [-0.1, -0.05) is 83.9 Å². The number of aliphatic hydroxyl groups is 2. The minimum absolute atomic E-state index is 0.0312. The van der Waals surface area contributed by atoms with E-state index < -0.39 is 47.8 Å². The normalized spacial score (nSPS) is 38.6. The summed E-state index contributed by atoms with van der Waals surface area (Å²) in [6, 6.07) is 0. The van der Waals surface area contributed by atoms with Gasteiger partial charge in [-0.15, -0.1) is 0 Å². The Hall–Kier alpha value is -2.50. The number of hydrogen-bond donors (Lipinski definition) is 2. The van der Waals surface area contributed by atoms with E-state index in [0.717, 1.165) is 5.57 Å². The second-order valence-electron chi connectivity index (χ2n) is 14.3. The van der Waals surface area contributed by atoms with Crippen molar-refractivity contribution >= 4 is 11.9 Å². The fourth-order valence-corrected chi connectivity index (χ4v) is 7.41. The van der Waals surface area contributed by atoms with E-state index in [1.54, 1.807) is 33.1 Å². The van der Waals surface area contributed by atoms with Crippen LogP contribution in [0.1, 0.15) is 75.2 Å². The summed E-state index contributed by atoms with van der Waals surface area (Å²) in [5, 5.41) is 23.7. The molecule has 48 heavy (non-hydrogen) atoms. The maximum absolute atomic E-state index is 13.7. The van der Waals surface area contributed by atoms with Gasteiger partial charge in [0, 0.05) is 38.4 Å². The van der Waals surface area contributed by atoms with Crippen molar-refractivity contribution in [2.45, 2.75) is 111 Å². The van der Waals surface area contributed by atoms with Crippen LogP contribution in [-0.2, 0) is 38.0 Å². The summed E-state index contributed by atoms with van der Waals surface area (Å²) in [4.78, 5) is 26.5. The average Bonchev–Trinajstić information content (AvgIpc) is 3.03. The zero-order valence-corrected chi connectivity index (χ0v) is 31.4. The largest absolute Gasteiger partial charge is 0.490 e. The first kappa shape index (κ1) is 41.7. The molecule has 0 aliphatic carbocycles. The molecule has 0 spiro atoms. The molecule has 1 saturated heterocycles. The van der Waals surface area contributed by atoms with Gasteiger partial charge in [0.15, 0.2) is 5.79 Å². The van der Waals surface area contributed by atoms with Crippen molar-refractivity contribution in [3.05, 3.63) is 47.3 Å². The molecule has 2 aliphatic heterocycles. The van der Waals surface area contributed by atoms with Crippen molar-refractivity contribution in [2.75, 3.05) is 28.4 Å². The molecule has 2 rings (SSSR count). The summed E-state index contributed by atoms with van der Waals surface area (Å²) < 4.78 is 34.7. The minimum atomic E-state index is -1.69. The van der Waals surface area contributed by atoms with Gasteiger partial charge in [-0.25, -0.2) is 4.79 Å². The van der Waals surface area contributed by atoms with Crippen LogP contribution < -0.4 is 0 Å². The van der Waals surface area contributed by atoms with Crippen molar-refractivity contribution in [1.29, 1.82) is 0 Å². The Morgan fingerprint density at radius 2 is 1.67 bits per heavy atom. The van der Waals surface area contributed by atoms with Crippen molar-refractivity contribution in [2.24, 2.45) is 41.4 Å². The van der Waals surface area contributed by atoms with E-state index in [2.05, 4.69) is 0 Å². The summed E-state index contributed by atoms with van der Waals surface area (Å²) in [6.07, 6.45) is 6.38. The number of cyclic esters (lactones) is 1. The predicted molar refractivity (Wildman–Crippen MR) is 184 cm³/mol. The third-order valence-corrected chi connectivity index (χ3v) is 10.3. The van der Waals surface area contributed by atoms with Crippen LogP contribution in [0.3, 0.4) is 0 Å². The first-order valence-corrected chi connectivity index (χ1v) is 17.2. The molecule has 0 aromatic carbocycles. The molecule has 1 fully saturated rings. The van der Waals surface area contributed by atoms with E-state index in [1.807, 2.05) is 66.7 Å². The Morgan fingerprint density at radius 1 is 1.02 bits per heavy atom. The van der Waals surface area contributed by atoms with Gasteiger partial charge in [-0.05, 0) is 44.1 Å². The number of allylic oxidation sites excluding steroid dienone is 6. The number of aliphatic hydroxyl groups excluding tert-OH is 1. The Morgan fingerprint density at radius 3 is 2.21 bits per heavy atom. The fraction of sp³-hybridized carbons (Fsp3) is 0.737. The van der Waals surface area contributed by atoms with E-state index in [1.165, 1.54) is 21.3 Å². The molecule has 10 heteroatoms. The monoisotopic (exact) mass is 678 g/mol. The highest BCUT2D eigenvalue weighted by molar-refractivity contribution is 5.87. The number of carbonyl (C=O) groups is 2. The molecule has 2 aliphatic rings. The quantitative estimate of drug-likeness (QED) is 0.290. The first-order chi connectivity index (χ1) is 22.5. The first-order valence-electron chi connectivity index (χ1n) is 17.2. The summed E-state index contributed by atoms with van der Waals surface area (Å²) in [6.45, 7) is 17.4. The van der Waals surface area contributed by atoms with Gasteiger partial charge < -0.3 is 38.6 Å². The molecular weight excluding hydrogens is 616 g/mol. The van der Waals surface area contributed by atoms with E-state index in [4.69, 9.17) is 28.4 Å². The number of methoxy groups -OCH3 is 4. The zero-order chi connectivity index (χ0) is 36.5. The van der Waals surface area contributed by atoms with Crippen LogP contribution in [0.25, 0.3) is 0 Å². The lowest BCUT2D eigenvalue weighted by molar-refractivity contribution is -0.330. The summed E-state index contributed by atoms with van der Waals surface area (Å²) in [5.74, 6) is -4.76. The van der Waals surface area contributed by atoms with Gasteiger partial charge >= 0.3 is 11.9 Å². The van der Waals surface area contributed by atoms with Crippen molar-refractivity contribution < 1.29 is 48.2 Å². The second kappa shape index (κ2) is 18.5. The van der Waals surface area contributed by atoms with Crippen molar-refractivity contribution in [3.8, 4) is 0 Å². The maximum atomic E-state index is 13.7. The summed E-state index contributed by atoms with van der Waals surface area (Å²) in [7, 11) is 5.90. The van der Waals surface area contributed by atoms with Crippen LogP contribution >= 0.6 is 0 Å². The molecule has 0 bridgehead atoms. The van der Waals surface area contributed by atoms with Gasteiger partial charge in [0.05, 0.1) is 38.4 Å². The maximum Gasteiger partial charge on any atom is 0.373 e. The Labute approximate surface area is 288 Å². The molecule has 0 unspecified atom stereocenters. The second-order valence-corrected chi connectivity index (χ2v) is 14.3. The predicted octanol–water partition coefficient (Wildman–Crippen LogP) is 5.78. The Balaban J connectivity index is 2.57. The fourth-order valence-electron chi connectivity index (χ4n) is 7.41. The van der Waals surface area contributed by atoms with Crippen LogP contribution in [-0.4, -0.2) is 86.9 Å². The Bertz CT molecular complexity index is 1190. The average molecular weight is 679 g/mol. The highest BCUT2D eigenvalue weighted by atomic mass is 16.6. The molecule has 0 aromatic rings. The summed E-state index contributed by atoms with van der Waals surface area (Å²) >= 11 is 0. The smallest absolute Gasteiger partial charge is 0.373 e. The lowest BCUT2D eigenvalue weighted by Crippen LogP contribution is -2.59. The minimum Gasteiger partial charge on any atom is -0.490 e. The van der Waals surface area contributed by atoms with E-state index in [9.17, 15) is 19.8 Å². The standard InChI is InChI=1S/C38H62O10/c1-21(2)34-26(7)31(45-12)20-38(42,48-34)28(9)33(39)27(8)35-29(43-10)16-14-15-22(3)17-24(5)32(37(41)46-13)25(6)18-23(4)19-30(44-11)36(40)47-35/h14-16,18-19,21,24-29,31-35,39,42H,17,20H2,1-13H3/b16-14+,22-15+,23-18+,30-19-/t24-,25+,26-,27-,28-,29-,31+,32-,33+,34+,35+,38+/m0/s1.